The molecule has 1 saturated carbocycles. The van der Waals surface area contributed by atoms with Crippen LogP contribution in [0.1, 0.15) is 44.1 Å². The molecule has 0 bridgehead atoms. The average molecular weight is 248 g/mol. The van der Waals surface area contributed by atoms with Crippen LogP contribution in [-0.4, -0.2) is 21.8 Å². The SMILES string of the molecule is CC(O)(C(=O)O)C1CCCCC1c1ccccc1. The zero-order valence-corrected chi connectivity index (χ0v) is 10.7. The summed E-state index contributed by atoms with van der Waals surface area (Å²) in [5, 5.41) is 19.5. The maximum atomic E-state index is 11.2. The average Bonchev–Trinajstić information content (AvgIpc) is 2.39. The number of aliphatic carboxylic acids is 1. The van der Waals surface area contributed by atoms with Crippen molar-refractivity contribution in [3.63, 3.8) is 0 Å². The topological polar surface area (TPSA) is 57.5 Å². The Hall–Kier alpha value is -1.35. The van der Waals surface area contributed by atoms with E-state index in [9.17, 15) is 15.0 Å². The first-order valence-corrected chi connectivity index (χ1v) is 6.54. The standard InChI is InChI=1S/C15H20O3/c1-15(18,14(16)17)13-10-6-5-9-12(13)11-7-3-2-4-8-11/h2-4,7-8,12-13,18H,5-6,9-10H2,1H3,(H,16,17). The van der Waals surface area contributed by atoms with Crippen LogP contribution in [0.4, 0.5) is 0 Å². The van der Waals surface area contributed by atoms with Crippen LogP contribution in [0.15, 0.2) is 30.3 Å². The van der Waals surface area contributed by atoms with Gasteiger partial charge in [-0.1, -0.05) is 43.2 Å². The van der Waals surface area contributed by atoms with Crippen molar-refractivity contribution in [2.75, 3.05) is 0 Å². The molecule has 18 heavy (non-hydrogen) atoms. The van der Waals surface area contributed by atoms with Crippen LogP contribution in [0, 0.1) is 5.92 Å². The Kier molecular flexibility index (Phi) is 3.71. The molecule has 0 aromatic heterocycles. The van der Waals surface area contributed by atoms with E-state index in [4.69, 9.17) is 0 Å². The molecular weight excluding hydrogens is 228 g/mol. The van der Waals surface area contributed by atoms with Gasteiger partial charge in [0.1, 0.15) is 0 Å². The highest BCUT2D eigenvalue weighted by molar-refractivity contribution is 5.77. The van der Waals surface area contributed by atoms with Gasteiger partial charge >= 0.3 is 5.97 Å². The van der Waals surface area contributed by atoms with Crippen LogP contribution in [-0.2, 0) is 4.79 Å². The maximum Gasteiger partial charge on any atom is 0.335 e. The molecule has 3 nitrogen and oxygen atoms in total. The summed E-state index contributed by atoms with van der Waals surface area (Å²) in [4.78, 5) is 11.2. The van der Waals surface area contributed by atoms with Gasteiger partial charge in [-0.05, 0) is 31.2 Å². The van der Waals surface area contributed by atoms with Crippen molar-refractivity contribution in [2.24, 2.45) is 5.92 Å². The predicted octanol–water partition coefficient (Wildman–Crippen LogP) is 2.80. The molecule has 1 aromatic rings. The van der Waals surface area contributed by atoms with E-state index in [2.05, 4.69) is 0 Å². The predicted molar refractivity (Wildman–Crippen MR) is 69.4 cm³/mol. The maximum absolute atomic E-state index is 11.2. The quantitative estimate of drug-likeness (QED) is 0.864. The van der Waals surface area contributed by atoms with Crippen LogP contribution in [0.5, 0.6) is 0 Å². The molecule has 0 aliphatic heterocycles. The molecule has 2 rings (SSSR count). The highest BCUT2D eigenvalue weighted by Crippen LogP contribution is 2.43. The minimum Gasteiger partial charge on any atom is -0.479 e. The van der Waals surface area contributed by atoms with E-state index >= 15 is 0 Å². The number of hydrogen-bond donors (Lipinski definition) is 2. The van der Waals surface area contributed by atoms with Crippen molar-refractivity contribution in [3.05, 3.63) is 35.9 Å². The zero-order valence-electron chi connectivity index (χ0n) is 10.7. The van der Waals surface area contributed by atoms with Crippen molar-refractivity contribution in [3.8, 4) is 0 Å². The van der Waals surface area contributed by atoms with Crippen molar-refractivity contribution < 1.29 is 15.0 Å². The first kappa shape index (κ1) is 13.1. The molecule has 1 aliphatic rings. The van der Waals surface area contributed by atoms with E-state index in [1.165, 1.54) is 6.92 Å². The van der Waals surface area contributed by atoms with E-state index in [-0.39, 0.29) is 11.8 Å². The molecule has 98 valence electrons. The largest absolute Gasteiger partial charge is 0.479 e. The number of rotatable bonds is 3. The van der Waals surface area contributed by atoms with Crippen molar-refractivity contribution >= 4 is 5.97 Å². The monoisotopic (exact) mass is 248 g/mol. The molecule has 0 saturated heterocycles. The van der Waals surface area contributed by atoms with Crippen LogP contribution < -0.4 is 0 Å². The summed E-state index contributed by atoms with van der Waals surface area (Å²) in [6, 6.07) is 9.95. The lowest BCUT2D eigenvalue weighted by Crippen LogP contribution is -2.46. The Morgan fingerprint density at radius 2 is 1.83 bits per heavy atom. The van der Waals surface area contributed by atoms with Gasteiger partial charge in [-0.15, -0.1) is 0 Å². The first-order valence-electron chi connectivity index (χ1n) is 6.54. The summed E-state index contributed by atoms with van der Waals surface area (Å²) in [6.07, 6.45) is 3.83. The second-order valence-corrected chi connectivity index (χ2v) is 5.36. The normalized spacial score (nSPS) is 27.4. The van der Waals surface area contributed by atoms with E-state index < -0.39 is 11.6 Å². The molecule has 1 aliphatic carbocycles. The Morgan fingerprint density at radius 1 is 1.22 bits per heavy atom. The van der Waals surface area contributed by atoms with E-state index in [1.807, 2.05) is 30.3 Å². The Balaban J connectivity index is 2.30. The highest BCUT2D eigenvalue weighted by Gasteiger charge is 2.44. The molecule has 0 radical (unpaired) electrons. The number of carboxylic acids is 1. The molecule has 0 heterocycles. The second-order valence-electron chi connectivity index (χ2n) is 5.36. The van der Waals surface area contributed by atoms with Gasteiger partial charge in [-0.2, -0.15) is 0 Å². The lowest BCUT2D eigenvalue weighted by molar-refractivity contribution is -0.164. The molecule has 1 aromatic carbocycles. The number of carboxylic acid groups (broad SMARTS) is 1. The molecule has 0 spiro atoms. The summed E-state index contributed by atoms with van der Waals surface area (Å²) in [5.74, 6) is -1.17. The van der Waals surface area contributed by atoms with E-state index in [0.29, 0.717) is 0 Å². The number of hydrogen-bond acceptors (Lipinski definition) is 2. The minimum absolute atomic E-state index is 0.144. The summed E-state index contributed by atoms with van der Waals surface area (Å²) < 4.78 is 0. The number of benzene rings is 1. The highest BCUT2D eigenvalue weighted by atomic mass is 16.4. The van der Waals surface area contributed by atoms with Crippen molar-refractivity contribution in [2.45, 2.75) is 44.1 Å². The van der Waals surface area contributed by atoms with Gasteiger partial charge in [0.2, 0.25) is 0 Å². The third-order valence-electron chi connectivity index (χ3n) is 4.15. The third kappa shape index (κ3) is 2.41. The minimum atomic E-state index is -1.64. The van der Waals surface area contributed by atoms with Gasteiger partial charge < -0.3 is 10.2 Å². The molecule has 1 fully saturated rings. The lowest BCUT2D eigenvalue weighted by Gasteiger charge is -2.39. The molecule has 3 unspecified atom stereocenters. The van der Waals surface area contributed by atoms with Crippen LogP contribution in [0.2, 0.25) is 0 Å². The summed E-state index contributed by atoms with van der Waals surface area (Å²) in [6.45, 7) is 1.43. The molecule has 0 amide bonds. The Labute approximate surface area is 107 Å². The first-order chi connectivity index (χ1) is 8.53. The van der Waals surface area contributed by atoms with Gasteiger partial charge in [0.25, 0.3) is 0 Å². The van der Waals surface area contributed by atoms with Gasteiger partial charge in [0.05, 0.1) is 0 Å². The Bertz CT molecular complexity index is 411. The van der Waals surface area contributed by atoms with Crippen molar-refractivity contribution in [1.29, 1.82) is 0 Å². The fraction of sp³-hybridized carbons (Fsp3) is 0.533. The van der Waals surface area contributed by atoms with Gasteiger partial charge in [-0.3, -0.25) is 0 Å². The fourth-order valence-electron chi connectivity index (χ4n) is 3.06. The molecule has 3 atom stereocenters. The summed E-state index contributed by atoms with van der Waals surface area (Å²) >= 11 is 0. The molecular formula is C15H20O3. The van der Waals surface area contributed by atoms with Crippen molar-refractivity contribution in [1.82, 2.24) is 0 Å². The van der Waals surface area contributed by atoms with Crippen LogP contribution in [0.3, 0.4) is 0 Å². The van der Waals surface area contributed by atoms with E-state index in [1.54, 1.807) is 0 Å². The lowest BCUT2D eigenvalue weighted by atomic mass is 9.68. The number of aliphatic hydroxyl groups is 1. The fourth-order valence-corrected chi connectivity index (χ4v) is 3.06. The number of carbonyl (C=O) groups is 1. The van der Waals surface area contributed by atoms with Crippen LogP contribution >= 0.6 is 0 Å². The molecule has 2 N–H and O–H groups in total. The van der Waals surface area contributed by atoms with Gasteiger partial charge in [0, 0.05) is 5.92 Å². The third-order valence-corrected chi connectivity index (χ3v) is 4.15. The Morgan fingerprint density at radius 3 is 2.44 bits per heavy atom. The smallest absolute Gasteiger partial charge is 0.335 e. The van der Waals surface area contributed by atoms with Gasteiger partial charge in [-0.25, -0.2) is 4.79 Å². The zero-order chi connectivity index (χ0) is 13.2. The van der Waals surface area contributed by atoms with Gasteiger partial charge in [0.15, 0.2) is 5.60 Å². The van der Waals surface area contributed by atoms with E-state index in [0.717, 1.165) is 31.2 Å². The van der Waals surface area contributed by atoms with Crippen LogP contribution in [0.25, 0.3) is 0 Å². The second kappa shape index (κ2) is 5.11. The summed E-state index contributed by atoms with van der Waals surface area (Å²) in [5.41, 5.74) is -0.496. The summed E-state index contributed by atoms with van der Waals surface area (Å²) in [7, 11) is 0. The molecule has 3 heteroatoms.